The van der Waals surface area contributed by atoms with Crippen LogP contribution in [0.5, 0.6) is 0 Å². The van der Waals surface area contributed by atoms with Crippen molar-refractivity contribution in [2.24, 2.45) is 0 Å². The number of carbonyl (C=O) groups excluding carboxylic acids is 3. The molecule has 74 heavy (non-hydrogen) atoms. The van der Waals surface area contributed by atoms with Crippen LogP contribution in [0.1, 0.15) is 297 Å². The van der Waals surface area contributed by atoms with Crippen molar-refractivity contribution in [1.82, 2.24) is 0 Å². The van der Waals surface area contributed by atoms with E-state index in [0.717, 1.165) is 116 Å². The van der Waals surface area contributed by atoms with Gasteiger partial charge in [0.25, 0.3) is 0 Å². The van der Waals surface area contributed by atoms with E-state index >= 15 is 0 Å². The summed E-state index contributed by atoms with van der Waals surface area (Å²) in [5, 5.41) is 0. The Morgan fingerprint density at radius 2 is 0.527 bits per heavy atom. The summed E-state index contributed by atoms with van der Waals surface area (Å²) in [6.45, 7) is 6.49. The quantitative estimate of drug-likeness (QED) is 0.0261. The number of allylic oxidation sites excluding steroid dienone is 16. The summed E-state index contributed by atoms with van der Waals surface area (Å²) in [5.41, 5.74) is 0. The van der Waals surface area contributed by atoms with Gasteiger partial charge in [0.2, 0.25) is 0 Å². The van der Waals surface area contributed by atoms with Crippen LogP contribution in [0.2, 0.25) is 0 Å². The van der Waals surface area contributed by atoms with E-state index in [4.69, 9.17) is 14.2 Å². The average molecular weight is 1030 g/mol. The zero-order chi connectivity index (χ0) is 53.6. The molecule has 0 radical (unpaired) electrons. The number of hydrogen-bond acceptors (Lipinski definition) is 6. The van der Waals surface area contributed by atoms with Gasteiger partial charge in [0.15, 0.2) is 6.10 Å². The normalized spacial score (nSPS) is 12.7. The topological polar surface area (TPSA) is 78.9 Å². The minimum absolute atomic E-state index is 0.0873. The fourth-order valence-electron chi connectivity index (χ4n) is 8.61. The van der Waals surface area contributed by atoms with E-state index in [2.05, 4.69) is 118 Å². The van der Waals surface area contributed by atoms with Crippen molar-refractivity contribution in [2.45, 2.75) is 303 Å². The van der Waals surface area contributed by atoms with Crippen molar-refractivity contribution in [3.05, 3.63) is 97.2 Å². The van der Waals surface area contributed by atoms with Gasteiger partial charge in [-0.25, -0.2) is 0 Å². The maximum Gasteiger partial charge on any atom is 0.306 e. The fourth-order valence-corrected chi connectivity index (χ4v) is 8.61. The van der Waals surface area contributed by atoms with Crippen LogP contribution in [-0.4, -0.2) is 37.2 Å². The molecule has 0 spiro atoms. The third-order valence-electron chi connectivity index (χ3n) is 13.3. The van der Waals surface area contributed by atoms with Crippen molar-refractivity contribution < 1.29 is 28.6 Å². The second-order valence-corrected chi connectivity index (χ2v) is 20.6. The summed E-state index contributed by atoms with van der Waals surface area (Å²) in [5.74, 6) is -0.902. The monoisotopic (exact) mass is 1030 g/mol. The molecule has 0 aliphatic rings. The van der Waals surface area contributed by atoms with Crippen molar-refractivity contribution in [3.8, 4) is 0 Å². The molecule has 0 aromatic carbocycles. The predicted molar refractivity (Wildman–Crippen MR) is 320 cm³/mol. The van der Waals surface area contributed by atoms with E-state index in [0.29, 0.717) is 19.3 Å². The minimum Gasteiger partial charge on any atom is -0.462 e. The van der Waals surface area contributed by atoms with Gasteiger partial charge in [0, 0.05) is 19.3 Å². The molecule has 0 aliphatic heterocycles. The van der Waals surface area contributed by atoms with Crippen LogP contribution in [0.4, 0.5) is 0 Å². The average Bonchev–Trinajstić information content (AvgIpc) is 3.40. The summed E-state index contributed by atoms with van der Waals surface area (Å²) in [7, 11) is 0. The number of unbranched alkanes of at least 4 members (excludes halogenated alkanes) is 29. The molecule has 0 N–H and O–H groups in total. The molecule has 0 bridgehead atoms. The largest absolute Gasteiger partial charge is 0.462 e. The van der Waals surface area contributed by atoms with Crippen LogP contribution in [0.3, 0.4) is 0 Å². The molecule has 1 unspecified atom stereocenters. The number of carbonyl (C=O) groups is 3. The lowest BCUT2D eigenvalue weighted by Crippen LogP contribution is -2.30. The first-order valence-corrected chi connectivity index (χ1v) is 31.2. The first-order valence-electron chi connectivity index (χ1n) is 31.2. The molecule has 0 aromatic heterocycles. The van der Waals surface area contributed by atoms with Crippen LogP contribution >= 0.6 is 0 Å². The molecule has 0 aromatic rings. The Labute approximate surface area is 457 Å². The first kappa shape index (κ1) is 70.3. The minimum atomic E-state index is -0.791. The third kappa shape index (κ3) is 59.2. The van der Waals surface area contributed by atoms with E-state index in [-0.39, 0.29) is 31.1 Å². The Hall–Kier alpha value is -3.67. The predicted octanol–water partition coefficient (Wildman–Crippen LogP) is 21.3. The van der Waals surface area contributed by atoms with Crippen molar-refractivity contribution >= 4 is 17.9 Å². The lowest BCUT2D eigenvalue weighted by molar-refractivity contribution is -0.167. The van der Waals surface area contributed by atoms with Crippen molar-refractivity contribution in [2.75, 3.05) is 13.2 Å². The van der Waals surface area contributed by atoms with Gasteiger partial charge in [-0.05, 0) is 122 Å². The number of ether oxygens (including phenoxy) is 3. The number of rotatable bonds is 56. The summed E-state index contributed by atoms with van der Waals surface area (Å²) in [6, 6.07) is 0. The molecule has 0 saturated heterocycles. The smallest absolute Gasteiger partial charge is 0.306 e. The molecule has 0 saturated carbocycles. The van der Waals surface area contributed by atoms with E-state index in [9.17, 15) is 14.4 Å². The molecule has 0 rings (SSSR count). The molecule has 6 nitrogen and oxygen atoms in total. The van der Waals surface area contributed by atoms with Gasteiger partial charge in [-0.2, -0.15) is 0 Å². The Morgan fingerprint density at radius 3 is 0.851 bits per heavy atom. The summed E-state index contributed by atoms with van der Waals surface area (Å²) in [4.78, 5) is 38.3. The molecule has 0 amide bonds. The molecule has 0 fully saturated rings. The van der Waals surface area contributed by atoms with Crippen LogP contribution in [0.15, 0.2) is 97.2 Å². The van der Waals surface area contributed by atoms with Gasteiger partial charge < -0.3 is 14.2 Å². The van der Waals surface area contributed by atoms with E-state index in [1.54, 1.807) is 0 Å². The summed E-state index contributed by atoms with van der Waals surface area (Å²) in [6.07, 6.45) is 82.5. The zero-order valence-electron chi connectivity index (χ0n) is 48.6. The van der Waals surface area contributed by atoms with Gasteiger partial charge in [0.1, 0.15) is 13.2 Å². The second-order valence-electron chi connectivity index (χ2n) is 20.6. The highest BCUT2D eigenvalue weighted by Gasteiger charge is 2.19. The van der Waals surface area contributed by atoms with E-state index < -0.39 is 6.10 Å². The van der Waals surface area contributed by atoms with Gasteiger partial charge >= 0.3 is 17.9 Å². The third-order valence-corrected chi connectivity index (χ3v) is 13.3. The standard InChI is InChI=1S/C68H116O6/c1-4-7-10-13-16-19-22-25-28-31-33-34-35-38-40-43-46-49-52-55-58-61-67(70)73-64-65(63-72-66(69)60-57-54-51-48-45-42-39-36-30-27-24-21-18-15-12-9-6-3)74-68(71)62-59-56-53-50-47-44-41-37-32-29-26-23-20-17-14-11-8-5-2/h7,10,16,18-21,23,25,27-30,32-34,65H,4-6,8-9,11-15,17,22,24,26,31,35-64H2,1-3H3/b10-7-,19-16-,21-18-,23-20-,28-25-,30-27-,32-29-,34-33-. The first-order chi connectivity index (χ1) is 36.5. The Morgan fingerprint density at radius 1 is 0.284 bits per heavy atom. The van der Waals surface area contributed by atoms with Gasteiger partial charge in [-0.15, -0.1) is 0 Å². The van der Waals surface area contributed by atoms with Crippen LogP contribution in [0, 0.1) is 0 Å². The van der Waals surface area contributed by atoms with Crippen molar-refractivity contribution in [3.63, 3.8) is 0 Å². The van der Waals surface area contributed by atoms with Gasteiger partial charge in [-0.3, -0.25) is 14.4 Å². The number of hydrogen-bond donors (Lipinski definition) is 0. The SMILES string of the molecule is CC/C=C\C/C=C\C/C=C\C/C=C\CCCCCCCCCCC(=O)OCC(COC(=O)CCCCCCCCC/C=C\C/C=C\CCCCC)OC(=O)CCCCCCCCC/C=C\C/C=C\CCCCCC. The van der Waals surface area contributed by atoms with E-state index in [1.165, 1.54) is 141 Å². The maximum atomic E-state index is 12.9. The molecule has 6 heteroatoms. The molecular formula is C68H116O6. The lowest BCUT2D eigenvalue weighted by atomic mass is 10.1. The lowest BCUT2D eigenvalue weighted by Gasteiger charge is -2.18. The van der Waals surface area contributed by atoms with E-state index in [1.807, 2.05) is 0 Å². The zero-order valence-corrected chi connectivity index (χ0v) is 48.6. The van der Waals surface area contributed by atoms with Crippen molar-refractivity contribution in [1.29, 1.82) is 0 Å². The Bertz CT molecular complexity index is 1460. The fraction of sp³-hybridized carbons (Fsp3) is 0.721. The molecule has 0 heterocycles. The van der Waals surface area contributed by atoms with Gasteiger partial charge in [0.05, 0.1) is 0 Å². The second kappa shape index (κ2) is 61.9. The summed E-state index contributed by atoms with van der Waals surface area (Å²) >= 11 is 0. The van der Waals surface area contributed by atoms with Gasteiger partial charge in [-0.1, -0.05) is 253 Å². The van der Waals surface area contributed by atoms with Crippen LogP contribution < -0.4 is 0 Å². The van der Waals surface area contributed by atoms with Crippen LogP contribution in [-0.2, 0) is 28.6 Å². The highest BCUT2D eigenvalue weighted by atomic mass is 16.6. The Balaban J connectivity index is 4.42. The van der Waals surface area contributed by atoms with Crippen LogP contribution in [0.25, 0.3) is 0 Å². The number of esters is 3. The highest BCUT2D eigenvalue weighted by Crippen LogP contribution is 2.15. The summed E-state index contributed by atoms with van der Waals surface area (Å²) < 4.78 is 16.9. The maximum absolute atomic E-state index is 12.9. The molecule has 1 atom stereocenters. The Kier molecular flexibility index (Phi) is 58.8. The molecule has 424 valence electrons. The molecule has 0 aliphatic carbocycles. The molecular weight excluding hydrogens is 913 g/mol. The highest BCUT2D eigenvalue weighted by molar-refractivity contribution is 5.71.